The molecule has 0 bridgehead atoms. The van der Waals surface area contributed by atoms with Crippen LogP contribution >= 0.6 is 0 Å². The summed E-state index contributed by atoms with van der Waals surface area (Å²) in [5, 5.41) is 4.19. The Kier molecular flexibility index (Phi) is 3.70. The molecule has 0 atom stereocenters. The van der Waals surface area contributed by atoms with Crippen LogP contribution in [-0.4, -0.2) is 10.1 Å². The highest BCUT2D eigenvalue weighted by molar-refractivity contribution is 5.39. The van der Waals surface area contributed by atoms with Crippen molar-refractivity contribution in [1.82, 2.24) is 10.1 Å². The summed E-state index contributed by atoms with van der Waals surface area (Å²) in [5.74, 6) is 2.04. The van der Waals surface area contributed by atoms with E-state index in [1.54, 1.807) is 0 Å². The largest absolute Gasteiger partial charge is 0.399 e. The van der Waals surface area contributed by atoms with Crippen LogP contribution < -0.4 is 5.73 Å². The number of nitrogens with zero attached hydrogens (tertiary/aromatic N) is 2. The maximum atomic E-state index is 5.69. The summed E-state index contributed by atoms with van der Waals surface area (Å²) >= 11 is 0. The van der Waals surface area contributed by atoms with E-state index in [1.165, 1.54) is 12.8 Å². The second-order valence-corrected chi connectivity index (χ2v) is 6.90. The van der Waals surface area contributed by atoms with Crippen molar-refractivity contribution in [2.75, 3.05) is 5.73 Å². The lowest BCUT2D eigenvalue weighted by molar-refractivity contribution is 0.218. The molecule has 1 aliphatic carbocycles. The van der Waals surface area contributed by atoms with Crippen LogP contribution in [0, 0.1) is 5.41 Å². The molecule has 1 aliphatic rings. The van der Waals surface area contributed by atoms with E-state index in [-0.39, 0.29) is 0 Å². The Morgan fingerprint density at radius 2 is 1.86 bits per heavy atom. The van der Waals surface area contributed by atoms with E-state index in [9.17, 15) is 0 Å². The van der Waals surface area contributed by atoms with Gasteiger partial charge in [0.25, 0.3) is 0 Å². The first kappa shape index (κ1) is 14.1. The fraction of sp³-hybridized carbons (Fsp3) is 0.529. The van der Waals surface area contributed by atoms with Crippen molar-refractivity contribution in [3.63, 3.8) is 0 Å². The molecule has 0 aliphatic heterocycles. The maximum absolute atomic E-state index is 5.69. The Hall–Kier alpha value is -1.84. The molecular formula is C17H23N3O. The molecule has 0 radical (unpaired) electrons. The number of aromatic nitrogens is 2. The average Bonchev–Trinajstić information content (AvgIpc) is 2.90. The highest BCUT2D eigenvalue weighted by Crippen LogP contribution is 2.41. The molecule has 0 amide bonds. The van der Waals surface area contributed by atoms with Crippen molar-refractivity contribution in [2.45, 2.75) is 51.9 Å². The summed E-state index contributed by atoms with van der Waals surface area (Å²) in [5.41, 5.74) is 8.07. The van der Waals surface area contributed by atoms with Crippen LogP contribution in [0.2, 0.25) is 0 Å². The Balaban J connectivity index is 1.65. The fourth-order valence-electron chi connectivity index (χ4n) is 2.97. The molecule has 1 saturated carbocycles. The number of nitrogens with two attached hydrogens (primary N) is 1. The summed E-state index contributed by atoms with van der Waals surface area (Å²) in [6.07, 6.45) is 5.46. The van der Waals surface area contributed by atoms with Gasteiger partial charge < -0.3 is 10.3 Å². The van der Waals surface area contributed by atoms with E-state index in [0.29, 0.717) is 23.6 Å². The van der Waals surface area contributed by atoms with Gasteiger partial charge in [-0.15, -0.1) is 0 Å². The fourth-order valence-corrected chi connectivity index (χ4v) is 2.97. The van der Waals surface area contributed by atoms with Gasteiger partial charge in [0.2, 0.25) is 5.89 Å². The van der Waals surface area contributed by atoms with Crippen molar-refractivity contribution in [1.29, 1.82) is 0 Å². The zero-order valence-corrected chi connectivity index (χ0v) is 12.8. The molecule has 0 saturated heterocycles. The summed E-state index contributed by atoms with van der Waals surface area (Å²) in [6, 6.07) is 7.80. The summed E-state index contributed by atoms with van der Waals surface area (Å²) in [7, 11) is 0. The first-order chi connectivity index (χ1) is 10.0. The molecule has 4 nitrogen and oxygen atoms in total. The van der Waals surface area contributed by atoms with Gasteiger partial charge in [-0.05, 0) is 48.8 Å². The Labute approximate surface area is 125 Å². The van der Waals surface area contributed by atoms with E-state index < -0.39 is 0 Å². The van der Waals surface area contributed by atoms with Crippen LogP contribution in [0.1, 0.15) is 62.7 Å². The topological polar surface area (TPSA) is 64.9 Å². The number of hydrogen-bond donors (Lipinski definition) is 1. The van der Waals surface area contributed by atoms with Gasteiger partial charge >= 0.3 is 0 Å². The standard InChI is InChI=1S/C17H23N3O/c1-17(2)9-7-13(8-10-17)16-19-15(21-20-16)11-12-3-5-14(18)6-4-12/h3-6,13H,7-11,18H2,1-2H3. The zero-order chi connectivity index (χ0) is 14.9. The van der Waals surface area contributed by atoms with E-state index in [1.807, 2.05) is 24.3 Å². The van der Waals surface area contributed by atoms with Gasteiger partial charge in [0.05, 0.1) is 6.42 Å². The lowest BCUT2D eigenvalue weighted by Gasteiger charge is -2.32. The predicted molar refractivity (Wildman–Crippen MR) is 82.9 cm³/mol. The predicted octanol–water partition coefficient (Wildman–Crippen LogP) is 3.93. The van der Waals surface area contributed by atoms with Gasteiger partial charge in [0.1, 0.15) is 0 Å². The molecule has 21 heavy (non-hydrogen) atoms. The third-order valence-electron chi connectivity index (χ3n) is 4.52. The number of hydrogen-bond acceptors (Lipinski definition) is 4. The molecule has 1 heterocycles. The van der Waals surface area contributed by atoms with E-state index in [0.717, 1.165) is 29.9 Å². The first-order valence-electron chi connectivity index (χ1n) is 7.69. The minimum absolute atomic E-state index is 0.460. The van der Waals surface area contributed by atoms with Crippen molar-refractivity contribution in [3.05, 3.63) is 41.5 Å². The van der Waals surface area contributed by atoms with E-state index in [4.69, 9.17) is 10.3 Å². The molecule has 1 aromatic heterocycles. The normalized spacial score (nSPS) is 18.8. The average molecular weight is 285 g/mol. The molecule has 0 unspecified atom stereocenters. The van der Waals surface area contributed by atoms with Crippen LogP contribution in [0.5, 0.6) is 0 Å². The lowest BCUT2D eigenvalue weighted by atomic mass is 9.73. The molecule has 1 aromatic carbocycles. The Morgan fingerprint density at radius 3 is 2.52 bits per heavy atom. The number of benzene rings is 1. The van der Waals surface area contributed by atoms with Gasteiger partial charge in [-0.1, -0.05) is 31.1 Å². The molecule has 2 aromatic rings. The zero-order valence-electron chi connectivity index (χ0n) is 12.8. The Bertz CT molecular complexity index is 591. The molecule has 2 N–H and O–H groups in total. The van der Waals surface area contributed by atoms with Crippen molar-refractivity contribution < 1.29 is 4.52 Å². The maximum Gasteiger partial charge on any atom is 0.231 e. The minimum atomic E-state index is 0.460. The van der Waals surface area contributed by atoms with Crippen molar-refractivity contribution in [2.24, 2.45) is 5.41 Å². The monoisotopic (exact) mass is 285 g/mol. The van der Waals surface area contributed by atoms with E-state index in [2.05, 4.69) is 24.0 Å². The number of rotatable bonds is 3. The van der Waals surface area contributed by atoms with Crippen LogP contribution in [0.4, 0.5) is 5.69 Å². The third-order valence-corrected chi connectivity index (χ3v) is 4.52. The van der Waals surface area contributed by atoms with Gasteiger partial charge in [-0.2, -0.15) is 4.98 Å². The number of anilines is 1. The summed E-state index contributed by atoms with van der Waals surface area (Å²) < 4.78 is 5.41. The second-order valence-electron chi connectivity index (χ2n) is 6.90. The summed E-state index contributed by atoms with van der Waals surface area (Å²) in [6.45, 7) is 4.68. The second kappa shape index (κ2) is 5.51. The van der Waals surface area contributed by atoms with Crippen LogP contribution in [0.15, 0.2) is 28.8 Å². The van der Waals surface area contributed by atoms with Gasteiger partial charge in [0.15, 0.2) is 5.82 Å². The first-order valence-corrected chi connectivity index (χ1v) is 7.69. The SMILES string of the molecule is CC1(C)CCC(c2noc(Cc3ccc(N)cc3)n2)CC1. The van der Waals surface area contributed by atoms with Gasteiger partial charge in [-0.3, -0.25) is 0 Å². The van der Waals surface area contributed by atoms with Crippen LogP contribution in [0.25, 0.3) is 0 Å². The smallest absolute Gasteiger partial charge is 0.231 e. The third kappa shape index (κ3) is 3.43. The van der Waals surface area contributed by atoms with Crippen molar-refractivity contribution >= 4 is 5.69 Å². The van der Waals surface area contributed by atoms with Crippen LogP contribution in [0.3, 0.4) is 0 Å². The van der Waals surface area contributed by atoms with Crippen LogP contribution in [-0.2, 0) is 6.42 Å². The number of nitrogen functional groups attached to an aromatic ring is 1. The molecule has 0 spiro atoms. The highest BCUT2D eigenvalue weighted by Gasteiger charge is 2.30. The molecule has 1 fully saturated rings. The van der Waals surface area contributed by atoms with Gasteiger partial charge in [0, 0.05) is 11.6 Å². The summed E-state index contributed by atoms with van der Waals surface area (Å²) in [4.78, 5) is 4.59. The molecular weight excluding hydrogens is 262 g/mol. The minimum Gasteiger partial charge on any atom is -0.399 e. The van der Waals surface area contributed by atoms with E-state index >= 15 is 0 Å². The molecule has 112 valence electrons. The van der Waals surface area contributed by atoms with Gasteiger partial charge in [-0.25, -0.2) is 0 Å². The Morgan fingerprint density at radius 1 is 1.19 bits per heavy atom. The van der Waals surface area contributed by atoms with Crippen molar-refractivity contribution in [3.8, 4) is 0 Å². The quantitative estimate of drug-likeness (QED) is 0.868. The lowest BCUT2D eigenvalue weighted by Crippen LogP contribution is -2.20. The highest BCUT2D eigenvalue weighted by atomic mass is 16.5. The molecule has 3 rings (SSSR count). The molecule has 4 heteroatoms.